The molecular formula is C24H30N8O. The number of piperidine rings is 1. The number of pyridine rings is 1. The molecule has 172 valence electrons. The van der Waals surface area contributed by atoms with Crippen molar-refractivity contribution in [3.63, 3.8) is 0 Å². The maximum Gasteiger partial charge on any atom is 0.213 e. The minimum Gasteiger partial charge on any atom is -0.481 e. The van der Waals surface area contributed by atoms with Crippen molar-refractivity contribution in [2.24, 2.45) is 7.05 Å². The zero-order valence-corrected chi connectivity index (χ0v) is 19.9. The average molecular weight is 447 g/mol. The van der Waals surface area contributed by atoms with Crippen LogP contribution in [0.15, 0.2) is 18.2 Å². The van der Waals surface area contributed by atoms with E-state index in [9.17, 15) is 0 Å². The Morgan fingerprint density at radius 2 is 1.85 bits per heavy atom. The van der Waals surface area contributed by atoms with E-state index in [-0.39, 0.29) is 0 Å². The van der Waals surface area contributed by atoms with Crippen LogP contribution in [0.25, 0.3) is 22.3 Å². The van der Waals surface area contributed by atoms with Gasteiger partial charge < -0.3 is 4.74 Å². The Balaban J connectivity index is 1.25. The number of hydrogen-bond acceptors (Lipinski definition) is 7. The summed E-state index contributed by atoms with van der Waals surface area (Å²) in [6, 6.07) is 6.00. The van der Waals surface area contributed by atoms with Crippen LogP contribution in [0.1, 0.15) is 47.4 Å². The summed E-state index contributed by atoms with van der Waals surface area (Å²) < 4.78 is 7.15. The standard InChI is InChI=1S/C24H30N8O/c1-14-23(16(3)31(4)30-14)20-12-19(28-29-20)17-8-10-32(11-9-17)13-21-25-15(2)24-18(26-21)6-7-22(27-24)33-5/h6-7,12,17H,8-11,13H2,1-5H3,(H,28,29). The lowest BCUT2D eigenvalue weighted by Gasteiger charge is -2.30. The van der Waals surface area contributed by atoms with Crippen molar-refractivity contribution in [3.8, 4) is 17.1 Å². The number of nitrogens with zero attached hydrogens (tertiary/aromatic N) is 7. The lowest BCUT2D eigenvalue weighted by molar-refractivity contribution is 0.199. The number of likely N-dealkylation sites (tertiary alicyclic amines) is 1. The first-order valence-electron chi connectivity index (χ1n) is 11.4. The smallest absolute Gasteiger partial charge is 0.213 e. The lowest BCUT2D eigenvalue weighted by Crippen LogP contribution is -2.33. The summed E-state index contributed by atoms with van der Waals surface area (Å²) in [5, 5.41) is 12.4. The molecule has 0 bridgehead atoms. The minimum atomic E-state index is 0.482. The van der Waals surface area contributed by atoms with Crippen LogP contribution in [0.5, 0.6) is 5.88 Å². The summed E-state index contributed by atoms with van der Waals surface area (Å²) in [5.41, 5.74) is 8.03. The van der Waals surface area contributed by atoms with E-state index in [1.54, 1.807) is 7.11 Å². The van der Waals surface area contributed by atoms with Crippen molar-refractivity contribution in [1.29, 1.82) is 0 Å². The predicted octanol–water partition coefficient (Wildman–Crippen LogP) is 3.46. The van der Waals surface area contributed by atoms with E-state index < -0.39 is 0 Å². The highest BCUT2D eigenvalue weighted by molar-refractivity contribution is 5.76. The number of aromatic amines is 1. The van der Waals surface area contributed by atoms with Gasteiger partial charge in [0.2, 0.25) is 5.88 Å². The zero-order chi connectivity index (χ0) is 23.1. The van der Waals surface area contributed by atoms with E-state index in [0.29, 0.717) is 11.8 Å². The number of ether oxygens (including phenoxy) is 1. The van der Waals surface area contributed by atoms with Crippen LogP contribution >= 0.6 is 0 Å². The first kappa shape index (κ1) is 21.5. The Morgan fingerprint density at radius 3 is 2.55 bits per heavy atom. The zero-order valence-electron chi connectivity index (χ0n) is 19.9. The summed E-state index contributed by atoms with van der Waals surface area (Å²) in [6.07, 6.45) is 2.16. The Morgan fingerprint density at radius 1 is 1.06 bits per heavy atom. The molecule has 4 aromatic rings. The molecule has 1 aliphatic rings. The highest BCUT2D eigenvalue weighted by Gasteiger charge is 2.24. The van der Waals surface area contributed by atoms with Gasteiger partial charge in [-0.2, -0.15) is 10.2 Å². The number of nitrogens with one attached hydrogen (secondary N) is 1. The number of aromatic nitrogens is 7. The molecule has 0 aromatic carbocycles. The van der Waals surface area contributed by atoms with E-state index in [0.717, 1.165) is 77.7 Å². The summed E-state index contributed by atoms with van der Waals surface area (Å²) in [4.78, 5) is 16.4. The van der Waals surface area contributed by atoms with Crippen molar-refractivity contribution in [1.82, 2.24) is 39.8 Å². The van der Waals surface area contributed by atoms with Gasteiger partial charge in [0.05, 0.1) is 36.3 Å². The number of rotatable bonds is 5. The number of aryl methyl sites for hydroxylation is 3. The maximum absolute atomic E-state index is 5.23. The fraction of sp³-hybridized carbons (Fsp3) is 0.458. The Bertz CT molecular complexity index is 1300. The average Bonchev–Trinajstić information content (AvgIpc) is 3.38. The minimum absolute atomic E-state index is 0.482. The maximum atomic E-state index is 5.23. The molecule has 1 N–H and O–H groups in total. The Kier molecular flexibility index (Phi) is 5.57. The van der Waals surface area contributed by atoms with Gasteiger partial charge in [-0.25, -0.2) is 15.0 Å². The molecule has 0 unspecified atom stereocenters. The number of methoxy groups -OCH3 is 1. The summed E-state index contributed by atoms with van der Waals surface area (Å²) in [5.74, 6) is 1.91. The van der Waals surface area contributed by atoms with Gasteiger partial charge in [-0.3, -0.25) is 14.7 Å². The second kappa shape index (κ2) is 8.55. The molecule has 1 aliphatic heterocycles. The number of hydrogen-bond donors (Lipinski definition) is 1. The van der Waals surface area contributed by atoms with Gasteiger partial charge >= 0.3 is 0 Å². The molecule has 0 radical (unpaired) electrons. The normalized spacial score (nSPS) is 15.4. The van der Waals surface area contributed by atoms with E-state index >= 15 is 0 Å². The molecule has 5 rings (SSSR count). The van der Waals surface area contributed by atoms with Crippen LogP contribution in [0, 0.1) is 20.8 Å². The van der Waals surface area contributed by atoms with E-state index in [1.165, 1.54) is 5.69 Å². The van der Waals surface area contributed by atoms with Crippen molar-refractivity contribution < 1.29 is 4.74 Å². The van der Waals surface area contributed by atoms with Crippen molar-refractivity contribution >= 4 is 11.0 Å². The third kappa shape index (κ3) is 4.08. The van der Waals surface area contributed by atoms with Gasteiger partial charge in [-0.1, -0.05) is 0 Å². The summed E-state index contributed by atoms with van der Waals surface area (Å²) >= 11 is 0. The Hall–Kier alpha value is -3.33. The first-order valence-corrected chi connectivity index (χ1v) is 11.4. The molecule has 0 saturated carbocycles. The van der Waals surface area contributed by atoms with Crippen LogP contribution < -0.4 is 4.74 Å². The van der Waals surface area contributed by atoms with Gasteiger partial charge in [-0.05, 0) is 58.8 Å². The van der Waals surface area contributed by atoms with Crippen molar-refractivity contribution in [2.45, 2.75) is 46.1 Å². The van der Waals surface area contributed by atoms with Crippen LogP contribution in [-0.4, -0.2) is 60.0 Å². The summed E-state index contributed by atoms with van der Waals surface area (Å²) in [6.45, 7) is 8.87. The molecule has 0 aliphatic carbocycles. The fourth-order valence-electron chi connectivity index (χ4n) is 4.81. The van der Waals surface area contributed by atoms with Crippen LogP contribution in [-0.2, 0) is 13.6 Å². The third-order valence-electron chi connectivity index (χ3n) is 6.70. The van der Waals surface area contributed by atoms with Gasteiger partial charge in [-0.15, -0.1) is 0 Å². The van der Waals surface area contributed by atoms with Crippen LogP contribution in [0.4, 0.5) is 0 Å². The predicted molar refractivity (Wildman–Crippen MR) is 126 cm³/mol. The molecule has 1 fully saturated rings. The molecule has 0 atom stereocenters. The van der Waals surface area contributed by atoms with Crippen LogP contribution in [0.3, 0.4) is 0 Å². The van der Waals surface area contributed by atoms with Crippen LogP contribution in [0.2, 0.25) is 0 Å². The second-order valence-corrected chi connectivity index (χ2v) is 8.87. The molecule has 33 heavy (non-hydrogen) atoms. The summed E-state index contributed by atoms with van der Waals surface area (Å²) in [7, 11) is 3.59. The first-order chi connectivity index (χ1) is 15.9. The molecule has 9 nitrogen and oxygen atoms in total. The number of fused-ring (bicyclic) bond motifs is 1. The topological polar surface area (TPSA) is 97.6 Å². The molecular weight excluding hydrogens is 416 g/mol. The van der Waals surface area contributed by atoms with E-state index in [1.807, 2.05) is 37.7 Å². The molecule has 4 aromatic heterocycles. The largest absolute Gasteiger partial charge is 0.481 e. The van der Waals surface area contributed by atoms with E-state index in [4.69, 9.17) is 14.7 Å². The number of H-pyrrole nitrogens is 1. The Labute approximate surface area is 193 Å². The third-order valence-corrected chi connectivity index (χ3v) is 6.70. The van der Waals surface area contributed by atoms with Gasteiger partial charge in [0.15, 0.2) is 0 Å². The SMILES string of the molecule is COc1ccc2nc(CN3CCC(c4cc(-c5c(C)nn(C)c5C)n[nH]4)CC3)nc(C)c2n1. The second-order valence-electron chi connectivity index (χ2n) is 8.87. The monoisotopic (exact) mass is 446 g/mol. The highest BCUT2D eigenvalue weighted by Crippen LogP contribution is 2.31. The van der Waals surface area contributed by atoms with E-state index in [2.05, 4.69) is 38.2 Å². The molecule has 9 heteroatoms. The molecule has 0 amide bonds. The van der Waals surface area contributed by atoms with Crippen molar-refractivity contribution in [2.75, 3.05) is 20.2 Å². The highest BCUT2D eigenvalue weighted by atomic mass is 16.5. The van der Waals surface area contributed by atoms with Gasteiger partial charge in [0.1, 0.15) is 11.3 Å². The van der Waals surface area contributed by atoms with Gasteiger partial charge in [0, 0.05) is 36.0 Å². The molecule has 0 spiro atoms. The quantitative estimate of drug-likeness (QED) is 0.501. The van der Waals surface area contributed by atoms with Crippen molar-refractivity contribution in [3.05, 3.63) is 46.8 Å². The molecule has 1 saturated heterocycles. The lowest BCUT2D eigenvalue weighted by atomic mass is 9.93. The fourth-order valence-corrected chi connectivity index (χ4v) is 4.81. The van der Waals surface area contributed by atoms with Gasteiger partial charge in [0.25, 0.3) is 0 Å². The molecule has 5 heterocycles.